The molecule has 1 N–H and O–H groups in total. The Balaban J connectivity index is 1.94. The fourth-order valence-corrected chi connectivity index (χ4v) is 2.74. The summed E-state index contributed by atoms with van der Waals surface area (Å²) >= 11 is 0. The standard InChI is InChI=1S/C16H19N3O/c1-10(2)13-9-14(18-17-13)16(20)19-11(3)8-12-6-4-5-7-15(12)19/h4-7,9-11H,8H2,1-3H3,(H,17,18). The minimum absolute atomic E-state index is 0.0226. The van der Waals surface area contributed by atoms with Crippen molar-refractivity contribution in [3.8, 4) is 0 Å². The van der Waals surface area contributed by atoms with E-state index in [1.165, 1.54) is 5.56 Å². The van der Waals surface area contributed by atoms with Gasteiger partial charge in [-0.2, -0.15) is 5.10 Å². The molecule has 0 fully saturated rings. The van der Waals surface area contributed by atoms with Crippen molar-refractivity contribution < 1.29 is 4.79 Å². The highest BCUT2D eigenvalue weighted by molar-refractivity contribution is 6.06. The Morgan fingerprint density at radius 1 is 1.40 bits per heavy atom. The lowest BCUT2D eigenvalue weighted by Gasteiger charge is -2.21. The van der Waals surface area contributed by atoms with Crippen LogP contribution in [0.15, 0.2) is 30.3 Å². The fraction of sp³-hybridized carbons (Fsp3) is 0.375. The number of amides is 1. The zero-order valence-corrected chi connectivity index (χ0v) is 12.1. The van der Waals surface area contributed by atoms with Crippen LogP contribution in [-0.2, 0) is 6.42 Å². The SMILES string of the molecule is CC(C)c1cc(C(=O)N2c3ccccc3CC2C)n[nH]1. The normalized spacial score (nSPS) is 17.6. The number of carbonyl (C=O) groups excluding carboxylic acids is 1. The van der Waals surface area contributed by atoms with Gasteiger partial charge in [-0.25, -0.2) is 0 Å². The maximum absolute atomic E-state index is 12.7. The molecule has 4 heteroatoms. The van der Waals surface area contributed by atoms with Crippen LogP contribution >= 0.6 is 0 Å². The number of carbonyl (C=O) groups is 1. The van der Waals surface area contributed by atoms with E-state index in [0.29, 0.717) is 11.6 Å². The summed E-state index contributed by atoms with van der Waals surface area (Å²) in [7, 11) is 0. The molecule has 0 spiro atoms. The molecule has 20 heavy (non-hydrogen) atoms. The number of aromatic nitrogens is 2. The zero-order chi connectivity index (χ0) is 14.3. The summed E-state index contributed by atoms with van der Waals surface area (Å²) in [4.78, 5) is 14.6. The van der Waals surface area contributed by atoms with Crippen LogP contribution in [0.2, 0.25) is 0 Å². The van der Waals surface area contributed by atoms with Gasteiger partial charge in [0.15, 0.2) is 5.69 Å². The third-order valence-corrected chi connectivity index (χ3v) is 3.86. The maximum Gasteiger partial charge on any atom is 0.279 e. The first-order chi connectivity index (χ1) is 9.58. The Bertz CT molecular complexity index is 645. The van der Waals surface area contributed by atoms with E-state index in [1.54, 1.807) is 0 Å². The van der Waals surface area contributed by atoms with Gasteiger partial charge in [0.25, 0.3) is 5.91 Å². The van der Waals surface area contributed by atoms with Crippen LogP contribution in [0.25, 0.3) is 0 Å². The quantitative estimate of drug-likeness (QED) is 0.910. The smallest absolute Gasteiger partial charge is 0.279 e. The van der Waals surface area contributed by atoms with Crippen molar-refractivity contribution in [3.05, 3.63) is 47.3 Å². The number of rotatable bonds is 2. The molecule has 1 aromatic heterocycles. The number of hydrogen-bond acceptors (Lipinski definition) is 2. The second-order valence-electron chi connectivity index (χ2n) is 5.72. The van der Waals surface area contributed by atoms with Crippen molar-refractivity contribution in [1.82, 2.24) is 10.2 Å². The molecule has 0 aliphatic carbocycles. The van der Waals surface area contributed by atoms with Crippen LogP contribution in [0.1, 0.15) is 48.4 Å². The van der Waals surface area contributed by atoms with E-state index in [9.17, 15) is 4.79 Å². The molecule has 4 nitrogen and oxygen atoms in total. The third-order valence-electron chi connectivity index (χ3n) is 3.86. The summed E-state index contributed by atoms with van der Waals surface area (Å²) in [5.74, 6) is 0.318. The van der Waals surface area contributed by atoms with Gasteiger partial charge in [-0.15, -0.1) is 0 Å². The molecule has 0 radical (unpaired) electrons. The topological polar surface area (TPSA) is 49.0 Å². The highest BCUT2D eigenvalue weighted by Crippen LogP contribution is 2.32. The minimum atomic E-state index is -0.0226. The second kappa shape index (κ2) is 4.78. The number of hydrogen-bond donors (Lipinski definition) is 1. The monoisotopic (exact) mass is 269 g/mol. The predicted molar refractivity (Wildman–Crippen MR) is 79.1 cm³/mol. The van der Waals surface area contributed by atoms with Crippen molar-refractivity contribution in [2.75, 3.05) is 4.90 Å². The van der Waals surface area contributed by atoms with Gasteiger partial charge in [0.1, 0.15) is 0 Å². The molecule has 2 heterocycles. The predicted octanol–water partition coefficient (Wildman–Crippen LogP) is 3.12. The van der Waals surface area contributed by atoms with E-state index in [2.05, 4.69) is 37.0 Å². The minimum Gasteiger partial charge on any atom is -0.304 e. The fourth-order valence-electron chi connectivity index (χ4n) is 2.74. The third kappa shape index (κ3) is 2.01. The van der Waals surface area contributed by atoms with E-state index in [4.69, 9.17) is 0 Å². The lowest BCUT2D eigenvalue weighted by molar-refractivity contribution is 0.0976. The molecular formula is C16H19N3O. The number of fused-ring (bicyclic) bond motifs is 1. The van der Waals surface area contributed by atoms with Gasteiger partial charge in [0.2, 0.25) is 0 Å². The average Bonchev–Trinajstić information content (AvgIpc) is 3.01. The summed E-state index contributed by atoms with van der Waals surface area (Å²) in [6.07, 6.45) is 0.906. The molecule has 1 aliphatic rings. The van der Waals surface area contributed by atoms with Crippen molar-refractivity contribution in [1.29, 1.82) is 0 Å². The average molecular weight is 269 g/mol. The van der Waals surface area contributed by atoms with E-state index >= 15 is 0 Å². The molecule has 1 unspecified atom stereocenters. The zero-order valence-electron chi connectivity index (χ0n) is 12.1. The molecule has 1 amide bonds. The van der Waals surface area contributed by atoms with Crippen LogP contribution in [0.5, 0.6) is 0 Å². The Labute approximate surface area is 118 Å². The Hall–Kier alpha value is -2.10. The van der Waals surface area contributed by atoms with Gasteiger partial charge in [-0.1, -0.05) is 32.0 Å². The number of aromatic amines is 1. The van der Waals surface area contributed by atoms with E-state index in [0.717, 1.165) is 17.8 Å². The maximum atomic E-state index is 12.7. The first kappa shape index (κ1) is 12.9. The molecule has 0 saturated heterocycles. The second-order valence-corrected chi connectivity index (χ2v) is 5.72. The van der Waals surface area contributed by atoms with Gasteiger partial charge in [0, 0.05) is 17.4 Å². The van der Waals surface area contributed by atoms with E-state index < -0.39 is 0 Å². The number of nitrogens with one attached hydrogen (secondary N) is 1. The summed E-state index contributed by atoms with van der Waals surface area (Å²) in [6.45, 7) is 6.24. The highest BCUT2D eigenvalue weighted by atomic mass is 16.2. The van der Waals surface area contributed by atoms with Crippen LogP contribution in [0.3, 0.4) is 0 Å². The van der Waals surface area contributed by atoms with Crippen LogP contribution < -0.4 is 4.90 Å². The number of anilines is 1. The van der Waals surface area contributed by atoms with Gasteiger partial charge >= 0.3 is 0 Å². The molecule has 0 bridgehead atoms. The van der Waals surface area contributed by atoms with Crippen molar-refractivity contribution in [2.45, 2.75) is 39.2 Å². The van der Waals surface area contributed by atoms with Gasteiger partial charge in [-0.05, 0) is 37.0 Å². The molecular weight excluding hydrogens is 250 g/mol. The van der Waals surface area contributed by atoms with E-state index in [1.807, 2.05) is 29.2 Å². The number of H-pyrrole nitrogens is 1. The molecule has 2 aromatic rings. The number of benzene rings is 1. The van der Waals surface area contributed by atoms with Crippen molar-refractivity contribution >= 4 is 11.6 Å². The van der Waals surface area contributed by atoms with Crippen molar-refractivity contribution in [3.63, 3.8) is 0 Å². The van der Waals surface area contributed by atoms with Crippen LogP contribution in [0, 0.1) is 0 Å². The lowest BCUT2D eigenvalue weighted by Crippen LogP contribution is -2.35. The van der Waals surface area contributed by atoms with Gasteiger partial charge in [-0.3, -0.25) is 9.89 Å². The molecule has 104 valence electrons. The lowest BCUT2D eigenvalue weighted by atomic mass is 10.1. The summed E-state index contributed by atoms with van der Waals surface area (Å²) in [5.41, 5.74) is 3.73. The molecule has 3 rings (SSSR count). The van der Waals surface area contributed by atoms with E-state index in [-0.39, 0.29) is 11.9 Å². The Kier molecular flexibility index (Phi) is 3.08. The molecule has 1 atom stereocenters. The summed E-state index contributed by atoms with van der Waals surface area (Å²) in [5, 5.41) is 7.12. The van der Waals surface area contributed by atoms with Gasteiger partial charge < -0.3 is 4.90 Å². The van der Waals surface area contributed by atoms with Crippen molar-refractivity contribution in [2.24, 2.45) is 0 Å². The van der Waals surface area contributed by atoms with Gasteiger partial charge in [0.05, 0.1) is 0 Å². The molecule has 0 saturated carbocycles. The first-order valence-electron chi connectivity index (χ1n) is 7.04. The largest absolute Gasteiger partial charge is 0.304 e. The number of nitrogens with zero attached hydrogens (tertiary/aromatic N) is 2. The number of para-hydroxylation sites is 1. The summed E-state index contributed by atoms with van der Waals surface area (Å²) < 4.78 is 0. The Morgan fingerprint density at radius 2 is 2.15 bits per heavy atom. The van der Waals surface area contributed by atoms with Crippen LogP contribution in [0.4, 0.5) is 5.69 Å². The van der Waals surface area contributed by atoms with Crippen LogP contribution in [-0.4, -0.2) is 22.1 Å². The first-order valence-corrected chi connectivity index (χ1v) is 7.04. The molecule has 1 aromatic carbocycles. The Morgan fingerprint density at radius 3 is 2.85 bits per heavy atom. The highest BCUT2D eigenvalue weighted by Gasteiger charge is 2.32. The summed E-state index contributed by atoms with van der Waals surface area (Å²) in [6, 6.07) is 10.1. The molecule has 1 aliphatic heterocycles.